The van der Waals surface area contributed by atoms with Gasteiger partial charge >= 0.3 is 6.61 Å². The SMILES string of the molecule is CCOc1cccc(CC(N)CC)c1OC(F)F. The van der Waals surface area contributed by atoms with Gasteiger partial charge < -0.3 is 15.2 Å². The van der Waals surface area contributed by atoms with Gasteiger partial charge in [-0.1, -0.05) is 19.1 Å². The Morgan fingerprint density at radius 1 is 1.28 bits per heavy atom. The zero-order chi connectivity index (χ0) is 13.5. The van der Waals surface area contributed by atoms with Crippen LogP contribution in [-0.2, 0) is 6.42 Å². The van der Waals surface area contributed by atoms with Crippen molar-refractivity contribution in [2.45, 2.75) is 39.3 Å². The van der Waals surface area contributed by atoms with Crippen molar-refractivity contribution in [2.75, 3.05) is 6.61 Å². The predicted molar refractivity (Wildman–Crippen MR) is 66.2 cm³/mol. The Morgan fingerprint density at radius 3 is 2.56 bits per heavy atom. The van der Waals surface area contributed by atoms with Gasteiger partial charge in [0.05, 0.1) is 6.61 Å². The van der Waals surface area contributed by atoms with E-state index < -0.39 is 6.61 Å². The molecule has 0 aromatic heterocycles. The molecule has 1 aromatic carbocycles. The van der Waals surface area contributed by atoms with E-state index in [4.69, 9.17) is 10.5 Å². The van der Waals surface area contributed by atoms with Gasteiger partial charge in [-0.15, -0.1) is 0 Å². The molecule has 0 amide bonds. The fourth-order valence-corrected chi connectivity index (χ4v) is 1.64. The van der Waals surface area contributed by atoms with E-state index in [1.807, 2.05) is 6.92 Å². The third kappa shape index (κ3) is 4.14. The number of hydrogen-bond donors (Lipinski definition) is 1. The van der Waals surface area contributed by atoms with E-state index in [1.54, 1.807) is 25.1 Å². The van der Waals surface area contributed by atoms with Gasteiger partial charge in [0.15, 0.2) is 11.5 Å². The molecular weight excluding hydrogens is 240 g/mol. The molecule has 0 aliphatic carbocycles. The van der Waals surface area contributed by atoms with Gasteiger partial charge in [0, 0.05) is 6.04 Å². The van der Waals surface area contributed by atoms with E-state index in [0.29, 0.717) is 24.3 Å². The minimum atomic E-state index is -2.87. The molecule has 18 heavy (non-hydrogen) atoms. The molecule has 0 aliphatic rings. The van der Waals surface area contributed by atoms with Crippen LogP contribution in [0.4, 0.5) is 8.78 Å². The zero-order valence-electron chi connectivity index (χ0n) is 10.7. The first-order valence-corrected chi connectivity index (χ1v) is 6.03. The summed E-state index contributed by atoms with van der Waals surface area (Å²) in [6, 6.07) is 5.01. The Labute approximate surface area is 106 Å². The number of benzene rings is 1. The topological polar surface area (TPSA) is 44.5 Å². The van der Waals surface area contributed by atoms with Crippen LogP contribution in [-0.4, -0.2) is 19.3 Å². The summed E-state index contributed by atoms with van der Waals surface area (Å²) < 4.78 is 34.7. The van der Waals surface area contributed by atoms with Crippen molar-refractivity contribution < 1.29 is 18.3 Å². The molecule has 0 spiro atoms. The lowest BCUT2D eigenvalue weighted by Crippen LogP contribution is -2.22. The van der Waals surface area contributed by atoms with Crippen LogP contribution < -0.4 is 15.2 Å². The molecule has 1 atom stereocenters. The lowest BCUT2D eigenvalue weighted by atomic mass is 10.0. The van der Waals surface area contributed by atoms with E-state index in [9.17, 15) is 8.78 Å². The number of nitrogens with two attached hydrogens (primary N) is 1. The molecule has 2 N–H and O–H groups in total. The van der Waals surface area contributed by atoms with Crippen molar-refractivity contribution in [1.29, 1.82) is 0 Å². The minimum Gasteiger partial charge on any atom is -0.490 e. The highest BCUT2D eigenvalue weighted by atomic mass is 19.3. The molecule has 0 heterocycles. The fraction of sp³-hybridized carbons (Fsp3) is 0.538. The first kappa shape index (κ1) is 14.7. The average molecular weight is 259 g/mol. The Morgan fingerprint density at radius 2 is 2.00 bits per heavy atom. The van der Waals surface area contributed by atoms with Crippen LogP contribution in [0.3, 0.4) is 0 Å². The third-order valence-electron chi connectivity index (χ3n) is 2.57. The molecule has 0 saturated heterocycles. The summed E-state index contributed by atoms with van der Waals surface area (Å²) in [4.78, 5) is 0. The Kier molecular flexibility index (Phi) is 5.85. The lowest BCUT2D eigenvalue weighted by molar-refractivity contribution is -0.0521. The van der Waals surface area contributed by atoms with Gasteiger partial charge in [0.1, 0.15) is 0 Å². The molecule has 1 unspecified atom stereocenters. The first-order valence-electron chi connectivity index (χ1n) is 6.03. The van der Waals surface area contributed by atoms with E-state index in [-0.39, 0.29) is 11.8 Å². The molecule has 5 heteroatoms. The number of hydrogen-bond acceptors (Lipinski definition) is 3. The Balaban J connectivity index is 3.02. The normalized spacial score (nSPS) is 12.6. The number of halogens is 2. The molecular formula is C13H19F2NO2. The van der Waals surface area contributed by atoms with Crippen molar-refractivity contribution in [3.8, 4) is 11.5 Å². The molecule has 0 bridgehead atoms. The maximum Gasteiger partial charge on any atom is 0.387 e. The van der Waals surface area contributed by atoms with Gasteiger partial charge in [0.2, 0.25) is 0 Å². The van der Waals surface area contributed by atoms with Crippen LogP contribution in [0.25, 0.3) is 0 Å². The van der Waals surface area contributed by atoms with E-state index in [1.165, 1.54) is 0 Å². The number of rotatable bonds is 7. The second-order valence-corrected chi connectivity index (χ2v) is 3.93. The largest absolute Gasteiger partial charge is 0.490 e. The molecule has 0 fully saturated rings. The Hall–Kier alpha value is -1.36. The lowest BCUT2D eigenvalue weighted by Gasteiger charge is -2.17. The summed E-state index contributed by atoms with van der Waals surface area (Å²) in [5.41, 5.74) is 6.49. The molecule has 0 aliphatic heterocycles. The molecule has 0 radical (unpaired) electrons. The van der Waals surface area contributed by atoms with Crippen molar-refractivity contribution in [1.82, 2.24) is 0 Å². The maximum atomic E-state index is 12.4. The van der Waals surface area contributed by atoms with Gasteiger partial charge in [-0.25, -0.2) is 0 Å². The smallest absolute Gasteiger partial charge is 0.387 e. The summed E-state index contributed by atoms with van der Waals surface area (Å²) in [6.45, 7) is 1.26. The zero-order valence-corrected chi connectivity index (χ0v) is 10.7. The summed E-state index contributed by atoms with van der Waals surface area (Å²) in [6.07, 6.45) is 1.26. The summed E-state index contributed by atoms with van der Waals surface area (Å²) >= 11 is 0. The molecule has 1 aromatic rings. The van der Waals surface area contributed by atoms with E-state index >= 15 is 0 Å². The second-order valence-electron chi connectivity index (χ2n) is 3.93. The van der Waals surface area contributed by atoms with Crippen LogP contribution in [0.1, 0.15) is 25.8 Å². The predicted octanol–water partition coefficient (Wildman–Crippen LogP) is 2.97. The summed E-state index contributed by atoms with van der Waals surface area (Å²) in [5.74, 6) is 0.428. The monoisotopic (exact) mass is 259 g/mol. The highest BCUT2D eigenvalue weighted by Gasteiger charge is 2.16. The highest BCUT2D eigenvalue weighted by Crippen LogP contribution is 2.33. The quantitative estimate of drug-likeness (QED) is 0.818. The molecule has 102 valence electrons. The standard InChI is InChI=1S/C13H19F2NO2/c1-3-10(16)8-9-6-5-7-11(17-4-2)12(9)18-13(14)15/h5-7,10,13H,3-4,8,16H2,1-2H3. The van der Waals surface area contributed by atoms with Crippen molar-refractivity contribution in [2.24, 2.45) is 5.73 Å². The number of ether oxygens (including phenoxy) is 2. The molecule has 1 rings (SSSR count). The highest BCUT2D eigenvalue weighted by molar-refractivity contribution is 5.47. The number of alkyl halides is 2. The average Bonchev–Trinajstić information content (AvgIpc) is 2.32. The van der Waals surface area contributed by atoms with Crippen molar-refractivity contribution in [3.05, 3.63) is 23.8 Å². The summed E-state index contributed by atoms with van der Waals surface area (Å²) in [5, 5.41) is 0. The van der Waals surface area contributed by atoms with Crippen molar-refractivity contribution >= 4 is 0 Å². The number of para-hydroxylation sites is 1. The van der Waals surface area contributed by atoms with Gasteiger partial charge in [0.25, 0.3) is 0 Å². The van der Waals surface area contributed by atoms with Gasteiger partial charge in [-0.2, -0.15) is 8.78 Å². The van der Waals surface area contributed by atoms with Gasteiger partial charge in [-0.05, 0) is 31.4 Å². The van der Waals surface area contributed by atoms with E-state index in [2.05, 4.69) is 4.74 Å². The second kappa shape index (κ2) is 7.16. The first-order chi connectivity index (χ1) is 8.58. The minimum absolute atomic E-state index is 0.0816. The third-order valence-corrected chi connectivity index (χ3v) is 2.57. The maximum absolute atomic E-state index is 12.4. The van der Waals surface area contributed by atoms with Crippen molar-refractivity contribution in [3.63, 3.8) is 0 Å². The van der Waals surface area contributed by atoms with E-state index in [0.717, 1.165) is 6.42 Å². The van der Waals surface area contributed by atoms with Crippen LogP contribution in [0.2, 0.25) is 0 Å². The molecule has 3 nitrogen and oxygen atoms in total. The van der Waals surface area contributed by atoms with Crippen LogP contribution in [0, 0.1) is 0 Å². The van der Waals surface area contributed by atoms with Crippen LogP contribution in [0.15, 0.2) is 18.2 Å². The van der Waals surface area contributed by atoms with Crippen LogP contribution >= 0.6 is 0 Å². The molecule has 0 saturated carbocycles. The van der Waals surface area contributed by atoms with Crippen LogP contribution in [0.5, 0.6) is 11.5 Å². The Bertz CT molecular complexity index is 372. The fourth-order valence-electron chi connectivity index (χ4n) is 1.64. The summed E-state index contributed by atoms with van der Waals surface area (Å²) in [7, 11) is 0. The van der Waals surface area contributed by atoms with Gasteiger partial charge in [-0.3, -0.25) is 0 Å².